The summed E-state index contributed by atoms with van der Waals surface area (Å²) in [7, 11) is 0. The largest absolute Gasteiger partial charge is 0.465 e. The minimum absolute atomic E-state index is 0.0950. The van der Waals surface area contributed by atoms with Crippen molar-refractivity contribution in [3.63, 3.8) is 0 Å². The number of nitrogens with one attached hydrogen (secondary N) is 1. The number of halogens is 2. The lowest BCUT2D eigenvalue weighted by atomic mass is 10.7. The Morgan fingerprint density at radius 1 is 1.33 bits per heavy atom. The van der Waals surface area contributed by atoms with Gasteiger partial charge in [-0.1, -0.05) is 35.0 Å². The summed E-state index contributed by atoms with van der Waals surface area (Å²) in [4.78, 5) is 26.1. The Morgan fingerprint density at radius 2 is 2.06 bits per heavy atom. The molecule has 0 aromatic carbocycles. The fourth-order valence-corrected chi connectivity index (χ4v) is 2.08. The van der Waals surface area contributed by atoms with Crippen molar-refractivity contribution in [2.45, 2.75) is 12.1 Å². The first kappa shape index (κ1) is 13.4. The highest BCUT2D eigenvalue weighted by Gasteiger charge is 2.11. The van der Waals surface area contributed by atoms with Gasteiger partial charge >= 0.3 is 5.97 Å². The Kier molecular flexibility index (Phi) is 4.26. The molecule has 0 amide bonds. The first-order valence-electron chi connectivity index (χ1n) is 4.97. The fourth-order valence-electron chi connectivity index (χ4n) is 1.17. The normalized spacial score (nSPS) is 10.8. The molecule has 0 bridgehead atoms. The maximum atomic E-state index is 11.2. The Balaban J connectivity index is 2.13. The second kappa shape index (κ2) is 5.73. The molecule has 96 valence electrons. The second-order valence-corrected chi connectivity index (χ2v) is 4.79. The van der Waals surface area contributed by atoms with Crippen LogP contribution in [0.3, 0.4) is 0 Å². The number of fused-ring (bicyclic) bond motifs is 1. The first-order valence-corrected chi connectivity index (χ1v) is 6.71. The summed E-state index contributed by atoms with van der Waals surface area (Å²) >= 11 is 12.7. The minimum atomic E-state index is -0.306. The molecule has 0 radical (unpaired) electrons. The van der Waals surface area contributed by atoms with Crippen molar-refractivity contribution in [3.05, 3.63) is 10.3 Å². The molecule has 2 heterocycles. The highest BCUT2D eigenvalue weighted by Crippen LogP contribution is 2.22. The molecule has 0 aliphatic heterocycles. The van der Waals surface area contributed by atoms with Gasteiger partial charge in [0.1, 0.15) is 0 Å². The zero-order chi connectivity index (χ0) is 13.1. The first-order chi connectivity index (χ1) is 8.60. The predicted molar refractivity (Wildman–Crippen MR) is 69.1 cm³/mol. The number of ether oxygens (including phenoxy) is 1. The van der Waals surface area contributed by atoms with Gasteiger partial charge in [-0.05, 0) is 6.92 Å². The highest BCUT2D eigenvalue weighted by molar-refractivity contribution is 7.99. The van der Waals surface area contributed by atoms with Crippen LogP contribution in [-0.4, -0.2) is 38.3 Å². The summed E-state index contributed by atoms with van der Waals surface area (Å²) in [5, 5.41) is 0.712. The van der Waals surface area contributed by atoms with Crippen molar-refractivity contribution in [1.29, 1.82) is 0 Å². The van der Waals surface area contributed by atoms with E-state index in [2.05, 4.69) is 19.9 Å². The van der Waals surface area contributed by atoms with Crippen molar-refractivity contribution >= 4 is 52.2 Å². The molecular formula is C9H8Cl2N4O2S. The average Bonchev–Trinajstić information content (AvgIpc) is 2.69. The van der Waals surface area contributed by atoms with Gasteiger partial charge in [0.2, 0.25) is 0 Å². The van der Waals surface area contributed by atoms with Crippen LogP contribution in [0, 0.1) is 0 Å². The van der Waals surface area contributed by atoms with Crippen LogP contribution in [0.5, 0.6) is 0 Å². The molecule has 0 fully saturated rings. The third kappa shape index (κ3) is 3.04. The molecule has 18 heavy (non-hydrogen) atoms. The number of imidazole rings is 1. The van der Waals surface area contributed by atoms with Crippen LogP contribution in [0.1, 0.15) is 6.92 Å². The van der Waals surface area contributed by atoms with E-state index in [9.17, 15) is 4.79 Å². The molecule has 0 saturated heterocycles. The lowest BCUT2D eigenvalue weighted by Gasteiger charge is -1.98. The minimum Gasteiger partial charge on any atom is -0.465 e. The molecule has 1 N–H and O–H groups in total. The number of esters is 1. The van der Waals surface area contributed by atoms with E-state index in [4.69, 9.17) is 27.9 Å². The summed E-state index contributed by atoms with van der Waals surface area (Å²) in [6.07, 6.45) is 0. The third-order valence-corrected chi connectivity index (χ3v) is 3.33. The molecule has 2 aromatic rings. The monoisotopic (exact) mass is 306 g/mol. The van der Waals surface area contributed by atoms with Crippen molar-refractivity contribution < 1.29 is 9.53 Å². The lowest BCUT2D eigenvalue weighted by Crippen LogP contribution is -2.06. The number of rotatable bonds is 4. The highest BCUT2D eigenvalue weighted by atomic mass is 35.5. The van der Waals surface area contributed by atoms with E-state index in [0.717, 1.165) is 0 Å². The molecule has 0 atom stereocenters. The van der Waals surface area contributed by atoms with E-state index in [-0.39, 0.29) is 22.0 Å². The van der Waals surface area contributed by atoms with Crippen molar-refractivity contribution in [1.82, 2.24) is 19.9 Å². The number of hydrogen-bond donors (Lipinski definition) is 1. The van der Waals surface area contributed by atoms with Crippen molar-refractivity contribution in [2.75, 3.05) is 12.4 Å². The van der Waals surface area contributed by atoms with Gasteiger partial charge in [0.05, 0.1) is 12.4 Å². The van der Waals surface area contributed by atoms with Crippen LogP contribution < -0.4 is 0 Å². The van der Waals surface area contributed by atoms with Crippen LogP contribution >= 0.6 is 35.0 Å². The van der Waals surface area contributed by atoms with Gasteiger partial charge in [0.25, 0.3) is 0 Å². The summed E-state index contributed by atoms with van der Waals surface area (Å²) in [6, 6.07) is 0. The van der Waals surface area contributed by atoms with Gasteiger partial charge in [-0.25, -0.2) is 15.0 Å². The van der Waals surface area contributed by atoms with Gasteiger partial charge in [0, 0.05) is 0 Å². The van der Waals surface area contributed by atoms with E-state index in [1.54, 1.807) is 6.92 Å². The summed E-state index contributed by atoms with van der Waals surface area (Å²) in [5.74, 6) is -0.144. The number of carbonyl (C=O) groups excluding carboxylic acids is 1. The van der Waals surface area contributed by atoms with E-state index in [1.165, 1.54) is 11.8 Å². The quantitative estimate of drug-likeness (QED) is 0.689. The molecular weight excluding hydrogens is 299 g/mol. The number of thioether (sulfide) groups is 1. The summed E-state index contributed by atoms with van der Waals surface area (Å²) in [6.45, 7) is 2.11. The summed E-state index contributed by atoms with van der Waals surface area (Å²) in [5.41, 5.74) is 0.784. The number of nitrogens with zero attached hydrogens (tertiary/aromatic N) is 3. The smallest absolute Gasteiger partial charge is 0.316 e. The maximum Gasteiger partial charge on any atom is 0.316 e. The molecule has 0 aliphatic rings. The molecule has 9 heteroatoms. The van der Waals surface area contributed by atoms with E-state index < -0.39 is 0 Å². The molecule has 0 saturated carbocycles. The van der Waals surface area contributed by atoms with Gasteiger partial charge in [0.15, 0.2) is 26.8 Å². The van der Waals surface area contributed by atoms with Gasteiger partial charge in [-0.3, -0.25) is 4.79 Å². The SMILES string of the molecule is CCOC(=O)CSc1nc2nc(Cl)c(Cl)nc2[nH]1. The van der Waals surface area contributed by atoms with E-state index in [1.807, 2.05) is 0 Å². The zero-order valence-electron chi connectivity index (χ0n) is 9.24. The molecule has 2 aromatic heterocycles. The van der Waals surface area contributed by atoms with Crippen molar-refractivity contribution in [3.8, 4) is 0 Å². The molecule has 0 unspecified atom stereocenters. The summed E-state index contributed by atoms with van der Waals surface area (Å²) < 4.78 is 4.80. The van der Waals surface area contributed by atoms with Crippen molar-refractivity contribution in [2.24, 2.45) is 0 Å². The van der Waals surface area contributed by atoms with Crippen LogP contribution in [0.15, 0.2) is 5.16 Å². The molecule has 0 aliphatic carbocycles. The fraction of sp³-hybridized carbons (Fsp3) is 0.333. The molecule has 6 nitrogen and oxygen atoms in total. The zero-order valence-corrected chi connectivity index (χ0v) is 11.6. The topological polar surface area (TPSA) is 80.8 Å². The molecule has 2 rings (SSSR count). The van der Waals surface area contributed by atoms with E-state index >= 15 is 0 Å². The third-order valence-electron chi connectivity index (χ3n) is 1.86. The predicted octanol–water partition coefficient (Wildman–Crippen LogP) is 2.31. The van der Waals surface area contributed by atoms with Gasteiger partial charge in [-0.2, -0.15) is 0 Å². The Labute approximate surface area is 116 Å². The number of H-pyrrole nitrogens is 1. The van der Waals surface area contributed by atoms with Crippen LogP contribution in [0.2, 0.25) is 10.3 Å². The lowest BCUT2D eigenvalue weighted by molar-refractivity contribution is -0.139. The Bertz CT molecular complexity index is 550. The number of carbonyl (C=O) groups is 1. The van der Waals surface area contributed by atoms with Crippen LogP contribution in [0.4, 0.5) is 0 Å². The second-order valence-electron chi connectivity index (χ2n) is 3.11. The van der Waals surface area contributed by atoms with E-state index in [0.29, 0.717) is 23.1 Å². The standard InChI is InChI=1S/C9H8Cl2N4O2S/c1-2-17-4(16)3-18-9-14-7-8(15-9)13-6(11)5(10)12-7/h2-3H2,1H3,(H,12,13,14,15). The van der Waals surface area contributed by atoms with Gasteiger partial charge < -0.3 is 9.72 Å². The van der Waals surface area contributed by atoms with Gasteiger partial charge in [-0.15, -0.1) is 0 Å². The van der Waals surface area contributed by atoms with Crippen LogP contribution in [-0.2, 0) is 9.53 Å². The number of aromatic amines is 1. The maximum absolute atomic E-state index is 11.2. The van der Waals surface area contributed by atoms with Crippen LogP contribution in [0.25, 0.3) is 11.3 Å². The Morgan fingerprint density at radius 3 is 2.78 bits per heavy atom. The number of aromatic nitrogens is 4. The Hall–Kier alpha value is -1.05. The number of hydrogen-bond acceptors (Lipinski definition) is 6. The molecule has 0 spiro atoms. The average molecular weight is 307 g/mol.